The zero-order valence-electron chi connectivity index (χ0n) is 29.4. The summed E-state index contributed by atoms with van der Waals surface area (Å²) in [5, 5.41) is 15.2. The summed E-state index contributed by atoms with van der Waals surface area (Å²) in [7, 11) is 3.69. The molecule has 0 radical (unpaired) electrons. The normalized spacial score (nSPS) is 11.4. The third kappa shape index (κ3) is 8.43. The average molecular weight is 811 g/mol. The van der Waals surface area contributed by atoms with Crippen molar-refractivity contribution in [3.05, 3.63) is 123 Å². The van der Waals surface area contributed by atoms with Crippen LogP contribution in [0.4, 0.5) is 0 Å². The molecule has 6 heterocycles. The summed E-state index contributed by atoms with van der Waals surface area (Å²) < 4.78 is 16.6. The highest BCUT2D eigenvalue weighted by atomic mass is 36.0. The molecule has 0 spiro atoms. The number of rotatable bonds is 4. The summed E-state index contributed by atoms with van der Waals surface area (Å²) in [6.45, 7) is 7.93. The van der Waals surface area contributed by atoms with Gasteiger partial charge < -0.3 is 4.98 Å². The SMILES string of the molecule is Cc1cc(=O)c2c([nH]1)c(-c1ccc(-n3cccn3)cc1C)nn2C.Cc1cc(Cl)c2c(n1)c(-c1ccc(-n3cccn3)cc1C)nn2C.O=P(Cl)(Cl)Cl. The molecular weight excluding hydrogens is 777 g/mol. The molecule has 0 bridgehead atoms. The molecule has 0 saturated carbocycles. The second-order valence-corrected chi connectivity index (χ2v) is 19.3. The molecule has 2 aromatic carbocycles. The van der Waals surface area contributed by atoms with Gasteiger partial charge >= 0.3 is 5.20 Å². The highest BCUT2D eigenvalue weighted by Crippen LogP contribution is 2.61. The molecular formula is C36H33Cl4N10O2P. The summed E-state index contributed by atoms with van der Waals surface area (Å²) in [4.78, 5) is 20.2. The number of nitrogens with one attached hydrogen (secondary N) is 1. The van der Waals surface area contributed by atoms with Crippen molar-refractivity contribution in [1.82, 2.24) is 49.1 Å². The summed E-state index contributed by atoms with van der Waals surface area (Å²) in [5.41, 5.74) is 12.6. The van der Waals surface area contributed by atoms with Crippen LogP contribution in [0.15, 0.2) is 90.2 Å². The van der Waals surface area contributed by atoms with Crippen LogP contribution in [0, 0.1) is 27.7 Å². The lowest BCUT2D eigenvalue weighted by atomic mass is 10.0. The van der Waals surface area contributed by atoms with Crippen LogP contribution in [0.25, 0.3) is 56.0 Å². The minimum Gasteiger partial charge on any atom is -0.355 e. The van der Waals surface area contributed by atoms with Crippen molar-refractivity contribution in [2.45, 2.75) is 27.7 Å². The third-order valence-electron chi connectivity index (χ3n) is 8.29. The van der Waals surface area contributed by atoms with E-state index in [1.54, 1.807) is 34.9 Å². The molecule has 0 aliphatic heterocycles. The van der Waals surface area contributed by atoms with Crippen LogP contribution in [-0.2, 0) is 18.7 Å². The Balaban J connectivity index is 0.000000161. The van der Waals surface area contributed by atoms with E-state index >= 15 is 0 Å². The molecule has 272 valence electrons. The zero-order valence-corrected chi connectivity index (χ0v) is 33.3. The smallest absolute Gasteiger partial charge is 0.339 e. The Morgan fingerprint density at radius 3 is 1.74 bits per heavy atom. The van der Waals surface area contributed by atoms with E-state index in [-0.39, 0.29) is 5.43 Å². The van der Waals surface area contributed by atoms with Crippen molar-refractivity contribution >= 4 is 72.6 Å². The Bertz CT molecular complexity index is 2690. The molecule has 0 aliphatic carbocycles. The molecule has 17 heteroatoms. The first-order chi connectivity index (χ1) is 25.1. The van der Waals surface area contributed by atoms with Gasteiger partial charge in [-0.15, -0.1) is 0 Å². The summed E-state index contributed by atoms with van der Waals surface area (Å²) in [5.74, 6) is 0. The molecule has 0 atom stereocenters. The number of aromatic amines is 1. The zero-order chi connectivity index (χ0) is 38.2. The topological polar surface area (TPSA) is 134 Å². The van der Waals surface area contributed by atoms with Gasteiger partial charge in [0.15, 0.2) is 0 Å². The second kappa shape index (κ2) is 15.3. The molecule has 0 fully saturated rings. The predicted octanol–water partition coefficient (Wildman–Crippen LogP) is 9.63. The van der Waals surface area contributed by atoms with Crippen LogP contribution in [0.1, 0.15) is 22.5 Å². The number of halogens is 4. The molecule has 8 rings (SSSR count). The first kappa shape index (κ1) is 38.0. The molecule has 53 heavy (non-hydrogen) atoms. The maximum atomic E-state index is 12.3. The highest BCUT2D eigenvalue weighted by Gasteiger charge is 2.18. The van der Waals surface area contributed by atoms with Gasteiger partial charge in [-0.05, 0) is 115 Å². The van der Waals surface area contributed by atoms with E-state index < -0.39 is 5.20 Å². The van der Waals surface area contributed by atoms with Crippen molar-refractivity contribution in [3.8, 4) is 33.9 Å². The molecule has 0 unspecified atom stereocenters. The van der Waals surface area contributed by atoms with Crippen molar-refractivity contribution in [2.75, 3.05) is 0 Å². The Morgan fingerprint density at radius 2 is 1.23 bits per heavy atom. The average Bonchev–Trinajstić information content (AvgIpc) is 3.89. The van der Waals surface area contributed by atoms with Gasteiger partial charge in [0.2, 0.25) is 5.43 Å². The lowest BCUT2D eigenvalue weighted by Crippen LogP contribution is -2.06. The Labute approximate surface area is 323 Å². The number of benzene rings is 2. The fraction of sp³-hybridized carbons (Fsp3) is 0.167. The van der Waals surface area contributed by atoms with Crippen LogP contribution >= 0.6 is 50.5 Å². The number of aryl methyl sites for hydroxylation is 6. The maximum absolute atomic E-state index is 12.3. The monoisotopic (exact) mass is 808 g/mol. The summed E-state index contributed by atoms with van der Waals surface area (Å²) in [6, 6.07) is 19.5. The summed E-state index contributed by atoms with van der Waals surface area (Å²) in [6.07, 6.45) is 7.36. The van der Waals surface area contributed by atoms with Crippen LogP contribution in [0.5, 0.6) is 0 Å². The largest absolute Gasteiger partial charge is 0.355 e. The van der Waals surface area contributed by atoms with Crippen molar-refractivity contribution in [1.29, 1.82) is 0 Å². The van der Waals surface area contributed by atoms with Gasteiger partial charge in [-0.3, -0.25) is 18.7 Å². The van der Waals surface area contributed by atoms with Gasteiger partial charge in [0.25, 0.3) is 0 Å². The number of pyridine rings is 2. The van der Waals surface area contributed by atoms with E-state index in [4.69, 9.17) is 11.6 Å². The number of hydrogen-bond acceptors (Lipinski definition) is 7. The molecule has 1 N–H and O–H groups in total. The lowest BCUT2D eigenvalue weighted by molar-refractivity contribution is 0.600. The first-order valence-corrected chi connectivity index (χ1v) is 20.9. The minimum atomic E-state index is -3.22. The summed E-state index contributed by atoms with van der Waals surface area (Å²) >= 11 is 20.2. The lowest BCUT2D eigenvalue weighted by Gasteiger charge is -2.07. The van der Waals surface area contributed by atoms with E-state index in [9.17, 15) is 9.36 Å². The number of hydrogen-bond donors (Lipinski definition) is 1. The first-order valence-electron chi connectivity index (χ1n) is 16.1. The highest BCUT2D eigenvalue weighted by molar-refractivity contribution is 8.24. The third-order valence-corrected chi connectivity index (χ3v) is 8.58. The Morgan fingerprint density at radius 1 is 0.717 bits per heavy atom. The fourth-order valence-corrected chi connectivity index (χ4v) is 6.46. The van der Waals surface area contributed by atoms with Crippen LogP contribution in [0.2, 0.25) is 5.02 Å². The van der Waals surface area contributed by atoms with E-state index in [0.717, 1.165) is 73.0 Å². The minimum absolute atomic E-state index is 0.0201. The van der Waals surface area contributed by atoms with Gasteiger partial charge in [-0.1, -0.05) is 23.7 Å². The molecule has 12 nitrogen and oxygen atoms in total. The van der Waals surface area contributed by atoms with Crippen molar-refractivity contribution in [2.24, 2.45) is 14.1 Å². The fourth-order valence-electron chi connectivity index (χ4n) is 6.10. The molecule has 0 aliphatic rings. The van der Waals surface area contributed by atoms with E-state index in [1.807, 2.05) is 86.0 Å². The van der Waals surface area contributed by atoms with Gasteiger partial charge in [-0.2, -0.15) is 20.4 Å². The van der Waals surface area contributed by atoms with E-state index in [0.29, 0.717) is 10.5 Å². The van der Waals surface area contributed by atoms with E-state index in [1.165, 1.54) is 0 Å². The Kier molecular flexibility index (Phi) is 11.0. The van der Waals surface area contributed by atoms with Crippen LogP contribution < -0.4 is 5.43 Å². The molecule has 0 saturated heterocycles. The predicted molar refractivity (Wildman–Crippen MR) is 214 cm³/mol. The number of nitrogens with zero attached hydrogens (tertiary/aromatic N) is 9. The van der Waals surface area contributed by atoms with Gasteiger partial charge in [0, 0.05) is 67.5 Å². The van der Waals surface area contributed by atoms with Crippen molar-refractivity contribution < 1.29 is 4.57 Å². The number of fused-ring (bicyclic) bond motifs is 2. The standard InChI is InChI=1S/C18H16ClN5.C18H17N5O.Cl3OP/c1-11-9-13(24-8-4-7-20-24)5-6-14(11)16-17-18(23(3)22-16)15(19)10-12(2)21-17;1-11-9-13(23-8-4-7-19-23)5-6-14(11)16-17-18(22(3)21-16)15(24)10-12(2)20-17;1-5(2,3)4/h4-10H,1-3H3;4-10H,1-3H3,(H,20,24);. The van der Waals surface area contributed by atoms with Crippen LogP contribution in [0.3, 0.4) is 0 Å². The van der Waals surface area contributed by atoms with Gasteiger partial charge in [-0.25, -0.2) is 14.3 Å². The number of H-pyrrole nitrogens is 1. The van der Waals surface area contributed by atoms with Crippen molar-refractivity contribution in [3.63, 3.8) is 0 Å². The maximum Gasteiger partial charge on any atom is 0.339 e. The van der Waals surface area contributed by atoms with Gasteiger partial charge in [0.05, 0.1) is 21.9 Å². The Hall–Kier alpha value is -4.71. The molecule has 0 amide bonds. The second-order valence-electron chi connectivity index (χ2n) is 12.2. The quantitative estimate of drug-likeness (QED) is 0.175. The number of aromatic nitrogens is 10. The van der Waals surface area contributed by atoms with Gasteiger partial charge in [0.1, 0.15) is 27.9 Å². The molecule has 6 aromatic heterocycles. The molecule has 8 aromatic rings. The van der Waals surface area contributed by atoms with E-state index in [2.05, 4.69) is 89.2 Å². The van der Waals surface area contributed by atoms with Crippen LogP contribution in [-0.4, -0.2) is 49.1 Å².